The molecule has 0 fully saturated rings. The van der Waals surface area contributed by atoms with Gasteiger partial charge in [0.15, 0.2) is 0 Å². The number of hydrogen-bond acceptors (Lipinski definition) is 3. The number of carbonyl (C=O) groups is 1. The standard InChI is InChI=1S/C7H5IO4/c9-7-5-3-1-2-4-6(5)8(10,11)12-7/h1-4H,(H,10,11). The fraction of sp³-hybridized carbons (Fsp3) is 0. The van der Waals surface area contributed by atoms with Crippen LogP contribution in [0.4, 0.5) is 0 Å². The van der Waals surface area contributed by atoms with Gasteiger partial charge in [-0.1, -0.05) is 0 Å². The molecule has 64 valence electrons. The molecular formula is C7H5IO4. The second kappa shape index (κ2) is 2.33. The Hall–Kier alpha value is -0.820. The average Bonchev–Trinajstić information content (AvgIpc) is 2.25. The molecule has 1 N–H and O–H groups in total. The van der Waals surface area contributed by atoms with E-state index in [1.807, 2.05) is 0 Å². The molecular weight excluding hydrogens is 275 g/mol. The van der Waals surface area contributed by atoms with Crippen LogP contribution in [0.3, 0.4) is 0 Å². The first-order valence-corrected chi connectivity index (χ1v) is 6.96. The fourth-order valence-electron chi connectivity index (χ4n) is 1.01. The summed E-state index contributed by atoms with van der Waals surface area (Å²) in [6, 6.07) is 6.16. The normalized spacial score (nSPS) is 31.9. The van der Waals surface area contributed by atoms with Gasteiger partial charge in [0.2, 0.25) is 0 Å². The number of halogens is 1. The predicted molar refractivity (Wildman–Crippen MR) is 47.5 cm³/mol. The third-order valence-corrected chi connectivity index (χ3v) is 4.93. The fourth-order valence-corrected chi connectivity index (χ4v) is 3.83. The van der Waals surface area contributed by atoms with Crippen LogP contribution in [0, 0.1) is 3.57 Å². The van der Waals surface area contributed by atoms with Gasteiger partial charge in [-0.15, -0.1) is 0 Å². The third-order valence-electron chi connectivity index (χ3n) is 1.53. The predicted octanol–water partition coefficient (Wildman–Crippen LogP) is 1.24. The molecule has 0 saturated carbocycles. The number of rotatable bonds is 0. The molecule has 0 radical (unpaired) electrons. The van der Waals surface area contributed by atoms with Gasteiger partial charge in [0.1, 0.15) is 0 Å². The van der Waals surface area contributed by atoms with E-state index in [1.165, 1.54) is 12.1 Å². The van der Waals surface area contributed by atoms with E-state index in [-0.39, 0.29) is 9.13 Å². The molecule has 4 nitrogen and oxygen atoms in total. The second-order valence-corrected chi connectivity index (χ2v) is 6.40. The van der Waals surface area contributed by atoms with E-state index < -0.39 is 25.2 Å². The van der Waals surface area contributed by atoms with Crippen molar-refractivity contribution in [3.05, 3.63) is 33.4 Å². The van der Waals surface area contributed by atoms with Gasteiger partial charge in [0.25, 0.3) is 0 Å². The summed E-state index contributed by atoms with van der Waals surface area (Å²) in [6.07, 6.45) is 0. The summed E-state index contributed by atoms with van der Waals surface area (Å²) in [5.74, 6) is -0.695. The Morgan fingerprint density at radius 3 is 2.67 bits per heavy atom. The van der Waals surface area contributed by atoms with Crippen LogP contribution in [0.15, 0.2) is 24.3 Å². The van der Waals surface area contributed by atoms with Crippen molar-refractivity contribution < 1.29 is 14.4 Å². The number of hydrogen-bond donors (Lipinski definition) is 1. The zero-order valence-electron chi connectivity index (χ0n) is 5.86. The first kappa shape index (κ1) is 7.81. The molecule has 1 unspecified atom stereocenters. The van der Waals surface area contributed by atoms with Crippen LogP contribution in [-0.2, 0) is 6.14 Å². The van der Waals surface area contributed by atoms with E-state index in [4.69, 9.17) is 0 Å². The average molecular weight is 280 g/mol. The molecule has 5 heteroatoms. The zero-order valence-corrected chi connectivity index (χ0v) is 8.02. The molecule has 1 aromatic carbocycles. The van der Waals surface area contributed by atoms with E-state index in [1.54, 1.807) is 12.1 Å². The molecule has 0 spiro atoms. The Balaban J connectivity index is 2.74. The van der Waals surface area contributed by atoms with Gasteiger partial charge in [0, 0.05) is 0 Å². The molecule has 2 rings (SSSR count). The first-order valence-electron chi connectivity index (χ1n) is 3.15. The molecule has 1 atom stereocenters. The summed E-state index contributed by atoms with van der Waals surface area (Å²) >= 11 is -4.54. The molecule has 0 aliphatic carbocycles. The van der Waals surface area contributed by atoms with Crippen LogP contribution in [-0.4, -0.2) is 9.41 Å². The maximum absolute atomic E-state index is 11.2. The minimum absolute atomic E-state index is 0.161. The van der Waals surface area contributed by atoms with Crippen LogP contribution < -0.4 is 0 Å². The van der Waals surface area contributed by atoms with Gasteiger partial charge in [0.05, 0.1) is 0 Å². The first-order chi connectivity index (χ1) is 5.61. The van der Waals surface area contributed by atoms with E-state index in [0.717, 1.165) is 0 Å². The SMILES string of the molecule is O=C1OI(=O)(O)c2ccccc21. The summed E-state index contributed by atoms with van der Waals surface area (Å²) < 4.78 is 24.9. The van der Waals surface area contributed by atoms with Gasteiger partial charge in [-0.2, -0.15) is 0 Å². The molecule has 12 heavy (non-hydrogen) atoms. The van der Waals surface area contributed by atoms with Crippen molar-refractivity contribution in [2.24, 2.45) is 0 Å². The van der Waals surface area contributed by atoms with E-state index in [0.29, 0.717) is 0 Å². The van der Waals surface area contributed by atoms with Gasteiger partial charge in [-0.25, -0.2) is 0 Å². The van der Waals surface area contributed by atoms with Crippen molar-refractivity contribution in [1.29, 1.82) is 0 Å². The van der Waals surface area contributed by atoms with Crippen molar-refractivity contribution in [2.45, 2.75) is 0 Å². The molecule has 1 heterocycles. The van der Waals surface area contributed by atoms with Crippen molar-refractivity contribution in [3.63, 3.8) is 0 Å². The molecule has 0 aromatic heterocycles. The van der Waals surface area contributed by atoms with Crippen LogP contribution in [0.5, 0.6) is 0 Å². The summed E-state index contributed by atoms with van der Waals surface area (Å²) in [5, 5.41) is 0. The van der Waals surface area contributed by atoms with E-state index in [2.05, 4.69) is 3.07 Å². The quantitative estimate of drug-likeness (QED) is 0.726. The van der Waals surface area contributed by atoms with Gasteiger partial charge in [-0.3, -0.25) is 0 Å². The van der Waals surface area contributed by atoms with Crippen LogP contribution in [0.1, 0.15) is 10.4 Å². The third kappa shape index (κ3) is 0.969. The summed E-state index contributed by atoms with van der Waals surface area (Å²) in [4.78, 5) is 10.9. The Morgan fingerprint density at radius 2 is 2.00 bits per heavy atom. The topological polar surface area (TPSA) is 63.6 Å². The number of fused-ring (bicyclic) bond motifs is 1. The molecule has 0 amide bonds. The second-order valence-electron chi connectivity index (χ2n) is 2.28. The van der Waals surface area contributed by atoms with Crippen LogP contribution in [0.2, 0.25) is 0 Å². The van der Waals surface area contributed by atoms with Gasteiger partial charge in [-0.05, 0) is 0 Å². The molecule has 1 aromatic rings. The van der Waals surface area contributed by atoms with Gasteiger partial charge >= 0.3 is 73.0 Å². The van der Waals surface area contributed by atoms with E-state index >= 15 is 0 Å². The zero-order chi connectivity index (χ0) is 8.77. The molecule has 1 aliphatic heterocycles. The monoisotopic (exact) mass is 280 g/mol. The van der Waals surface area contributed by atoms with E-state index in [9.17, 15) is 11.3 Å². The molecule has 1 aliphatic rings. The molecule has 0 bridgehead atoms. The maximum atomic E-state index is 11.2. The van der Waals surface area contributed by atoms with Crippen LogP contribution in [0.25, 0.3) is 0 Å². The van der Waals surface area contributed by atoms with Crippen molar-refractivity contribution in [3.8, 4) is 0 Å². The summed E-state index contributed by atoms with van der Waals surface area (Å²) in [5.41, 5.74) is 0.214. The molecule has 0 saturated heterocycles. The van der Waals surface area contributed by atoms with Crippen molar-refractivity contribution >= 4 is 25.2 Å². The summed E-state index contributed by atoms with van der Waals surface area (Å²) in [7, 11) is 0. The Bertz CT molecular complexity index is 398. The Labute approximate surface area is 73.1 Å². The van der Waals surface area contributed by atoms with Gasteiger partial charge < -0.3 is 0 Å². The van der Waals surface area contributed by atoms with Crippen molar-refractivity contribution in [2.75, 3.05) is 0 Å². The Morgan fingerprint density at radius 1 is 1.33 bits per heavy atom. The Kier molecular flexibility index (Phi) is 1.52. The van der Waals surface area contributed by atoms with Crippen molar-refractivity contribution in [1.82, 2.24) is 0 Å². The number of carbonyl (C=O) groups excluding carboxylic acids is 1. The van der Waals surface area contributed by atoms with Crippen LogP contribution >= 0.6 is 19.3 Å². The number of benzene rings is 1. The minimum atomic E-state index is -4.54. The summed E-state index contributed by atoms with van der Waals surface area (Å²) in [6.45, 7) is 0.